The summed E-state index contributed by atoms with van der Waals surface area (Å²) in [7, 11) is -8.28. The molecule has 0 aliphatic carbocycles. The minimum Gasteiger partial charge on any atom is -0.481 e. The summed E-state index contributed by atoms with van der Waals surface area (Å²) in [4.78, 5) is 15.2. The van der Waals surface area contributed by atoms with Gasteiger partial charge in [0.15, 0.2) is 21.4 Å². The lowest BCUT2D eigenvalue weighted by molar-refractivity contribution is -0.136. The van der Waals surface area contributed by atoms with E-state index < -0.39 is 42.3 Å². The van der Waals surface area contributed by atoms with Crippen LogP contribution in [0.2, 0.25) is 0 Å². The van der Waals surface area contributed by atoms with Crippen LogP contribution < -0.4 is 4.74 Å². The van der Waals surface area contributed by atoms with Crippen LogP contribution in [0.4, 0.5) is 4.39 Å². The molecule has 6 rings (SSSR count). The molecule has 0 aliphatic rings. The molecular weight excluding hydrogens is 676 g/mol. The molecule has 0 saturated carbocycles. The molecule has 0 atom stereocenters. The van der Waals surface area contributed by atoms with Crippen molar-refractivity contribution in [3.05, 3.63) is 125 Å². The number of benzene rings is 4. The molecule has 9 nitrogen and oxygen atoms in total. The molecule has 246 valence electrons. The molecule has 2 heterocycles. The molecule has 1 N–H and O–H groups in total. The first-order chi connectivity index (χ1) is 22.8. The van der Waals surface area contributed by atoms with E-state index in [1.165, 1.54) is 35.7 Å². The molecule has 0 aliphatic heterocycles. The maximum Gasteiger partial charge on any atom is 0.303 e. The highest BCUT2D eigenvalue weighted by atomic mass is 32.2. The number of carboxylic acid groups (broad SMARTS) is 1. The van der Waals surface area contributed by atoms with Crippen LogP contribution in [0.25, 0.3) is 21.5 Å². The lowest BCUT2D eigenvalue weighted by atomic mass is 10.0. The minimum absolute atomic E-state index is 0.00247. The van der Waals surface area contributed by atoms with E-state index in [1.807, 2.05) is 36.6 Å². The third kappa shape index (κ3) is 6.89. The Morgan fingerprint density at radius 2 is 1.69 bits per heavy atom. The molecule has 0 spiro atoms. The van der Waals surface area contributed by atoms with Gasteiger partial charge in [-0.05, 0) is 54.8 Å². The molecule has 0 amide bonds. The van der Waals surface area contributed by atoms with Crippen molar-refractivity contribution in [2.75, 3.05) is 6.26 Å². The largest absolute Gasteiger partial charge is 0.481 e. The number of halogens is 1. The van der Waals surface area contributed by atoms with Crippen molar-refractivity contribution in [2.45, 2.75) is 36.0 Å². The van der Waals surface area contributed by atoms with Crippen molar-refractivity contribution in [1.82, 2.24) is 8.96 Å². The summed E-state index contributed by atoms with van der Waals surface area (Å²) >= 11 is 1.40. The number of hydrogen-bond donors (Lipinski definition) is 1. The Balaban J connectivity index is 1.30. The summed E-state index contributed by atoms with van der Waals surface area (Å²) in [5.74, 6) is -2.29. The number of aryl methyl sites for hydroxylation is 2. The predicted octanol–water partition coefficient (Wildman–Crippen LogP) is 7.25. The molecule has 4 aromatic carbocycles. The topological polar surface area (TPSA) is 133 Å². The van der Waals surface area contributed by atoms with Crippen LogP contribution in [-0.2, 0) is 37.5 Å². The molecular formula is C35H29FN2O7S3. The SMILES string of the molecule is Cc1ccc(S(=O)(=O)n2ccc3c(S(C)(=O)=O)c(Oc4cccc(-c5nc(Cc6cccc(CCC(=O)O)c6)cs5)c4)c(F)cc32)cc1. The predicted molar refractivity (Wildman–Crippen MR) is 182 cm³/mol. The average Bonchev–Trinajstić information content (AvgIpc) is 3.68. The Bertz CT molecular complexity index is 2400. The molecule has 0 bridgehead atoms. The van der Waals surface area contributed by atoms with Gasteiger partial charge >= 0.3 is 5.97 Å². The Hall–Kier alpha value is -4.85. The number of aromatic nitrogens is 2. The maximum atomic E-state index is 15.8. The van der Waals surface area contributed by atoms with Gasteiger partial charge in [0.1, 0.15) is 15.7 Å². The lowest BCUT2D eigenvalue weighted by Crippen LogP contribution is -2.12. The highest BCUT2D eigenvalue weighted by Gasteiger charge is 2.28. The van der Waals surface area contributed by atoms with E-state index in [0.717, 1.165) is 38.7 Å². The Morgan fingerprint density at radius 1 is 0.958 bits per heavy atom. The summed E-state index contributed by atoms with van der Waals surface area (Å²) in [6.07, 6.45) is 3.13. The van der Waals surface area contributed by atoms with Gasteiger partial charge in [-0.1, -0.05) is 54.1 Å². The fourth-order valence-electron chi connectivity index (χ4n) is 5.36. The van der Waals surface area contributed by atoms with E-state index in [0.29, 0.717) is 23.4 Å². The molecule has 0 fully saturated rings. The van der Waals surface area contributed by atoms with Crippen LogP contribution in [0.15, 0.2) is 106 Å². The van der Waals surface area contributed by atoms with Crippen LogP contribution in [0.5, 0.6) is 11.5 Å². The first kappa shape index (κ1) is 33.1. The number of carbonyl (C=O) groups is 1. The first-order valence-corrected chi connectivity index (χ1v) is 18.9. The van der Waals surface area contributed by atoms with E-state index in [9.17, 15) is 21.6 Å². The van der Waals surface area contributed by atoms with E-state index >= 15 is 4.39 Å². The Kier molecular flexibility index (Phi) is 8.94. The molecule has 2 aromatic heterocycles. The number of thiazole rings is 1. The van der Waals surface area contributed by atoms with Gasteiger partial charge in [-0.3, -0.25) is 4.79 Å². The minimum atomic E-state index is -4.17. The van der Waals surface area contributed by atoms with E-state index in [2.05, 4.69) is 0 Å². The standard InChI is InChI=1S/C35H29FN2O7S3/c1-22-9-12-28(13-10-22)48(43,44)38-16-15-29-31(38)20-30(36)33(34(29)47(2,41)42)45-27-8-4-7-25(19-27)35-37-26(21-46-35)18-24-6-3-5-23(17-24)11-14-32(39)40/h3-10,12-13,15-17,19-21H,11,14,18H2,1-2H3,(H,39,40). The van der Waals surface area contributed by atoms with Gasteiger partial charge in [0.25, 0.3) is 10.0 Å². The average molecular weight is 705 g/mol. The maximum absolute atomic E-state index is 15.8. The highest BCUT2D eigenvalue weighted by molar-refractivity contribution is 7.91. The van der Waals surface area contributed by atoms with E-state index in [1.54, 1.807) is 36.4 Å². The van der Waals surface area contributed by atoms with Gasteiger partial charge in [-0.15, -0.1) is 11.3 Å². The second-order valence-corrected chi connectivity index (χ2v) is 15.9. The lowest BCUT2D eigenvalue weighted by Gasteiger charge is -2.14. The molecule has 0 unspecified atom stereocenters. The van der Waals surface area contributed by atoms with Crippen molar-refractivity contribution in [2.24, 2.45) is 0 Å². The summed E-state index contributed by atoms with van der Waals surface area (Å²) in [5, 5.41) is 11.6. The summed E-state index contributed by atoms with van der Waals surface area (Å²) < 4.78 is 75.6. The third-order valence-corrected chi connectivity index (χ3v) is 11.4. The summed E-state index contributed by atoms with van der Waals surface area (Å²) in [6, 6.07) is 22.8. The molecule has 0 radical (unpaired) electrons. The summed E-state index contributed by atoms with van der Waals surface area (Å²) in [6.45, 7) is 1.82. The number of rotatable bonds is 11. The molecule has 13 heteroatoms. The number of ether oxygens (including phenoxy) is 1. The number of fused-ring (bicyclic) bond motifs is 1. The smallest absolute Gasteiger partial charge is 0.303 e. The van der Waals surface area contributed by atoms with Crippen molar-refractivity contribution in [3.8, 4) is 22.1 Å². The zero-order valence-corrected chi connectivity index (χ0v) is 28.2. The van der Waals surface area contributed by atoms with Gasteiger partial charge in [0, 0.05) is 47.7 Å². The van der Waals surface area contributed by atoms with Gasteiger partial charge in [0.2, 0.25) is 0 Å². The number of hydrogen-bond acceptors (Lipinski definition) is 8. The van der Waals surface area contributed by atoms with Crippen molar-refractivity contribution >= 4 is 48.1 Å². The quantitative estimate of drug-likeness (QED) is 0.149. The second kappa shape index (κ2) is 13.0. The van der Waals surface area contributed by atoms with Crippen LogP contribution in [0.1, 0.15) is 28.8 Å². The van der Waals surface area contributed by atoms with Crippen molar-refractivity contribution in [3.63, 3.8) is 0 Å². The van der Waals surface area contributed by atoms with Crippen LogP contribution in [0.3, 0.4) is 0 Å². The number of sulfone groups is 1. The van der Waals surface area contributed by atoms with Gasteiger partial charge < -0.3 is 9.84 Å². The van der Waals surface area contributed by atoms with Crippen molar-refractivity contribution in [1.29, 1.82) is 0 Å². The van der Waals surface area contributed by atoms with Crippen LogP contribution >= 0.6 is 11.3 Å². The molecule has 48 heavy (non-hydrogen) atoms. The molecule has 6 aromatic rings. The van der Waals surface area contributed by atoms with Crippen molar-refractivity contribution < 1.29 is 35.9 Å². The highest BCUT2D eigenvalue weighted by Crippen LogP contribution is 2.40. The van der Waals surface area contributed by atoms with E-state index in [4.69, 9.17) is 14.8 Å². The van der Waals surface area contributed by atoms with Crippen LogP contribution in [0, 0.1) is 12.7 Å². The van der Waals surface area contributed by atoms with Crippen LogP contribution in [-0.4, -0.2) is 43.1 Å². The fraction of sp³-hybridized carbons (Fsp3) is 0.143. The Morgan fingerprint density at radius 3 is 2.42 bits per heavy atom. The Labute approximate surface area is 280 Å². The first-order valence-electron chi connectivity index (χ1n) is 14.7. The normalized spacial score (nSPS) is 12.0. The van der Waals surface area contributed by atoms with Gasteiger partial charge in [-0.25, -0.2) is 30.2 Å². The number of aliphatic carboxylic acids is 1. The summed E-state index contributed by atoms with van der Waals surface area (Å²) in [5.41, 5.74) is 4.10. The second-order valence-electron chi connectivity index (χ2n) is 11.3. The monoisotopic (exact) mass is 704 g/mol. The van der Waals surface area contributed by atoms with E-state index in [-0.39, 0.29) is 28.0 Å². The third-order valence-electron chi connectivity index (χ3n) is 7.63. The van der Waals surface area contributed by atoms with Gasteiger partial charge in [0.05, 0.1) is 16.1 Å². The number of carboxylic acids is 1. The van der Waals surface area contributed by atoms with Gasteiger partial charge in [-0.2, -0.15) is 0 Å². The zero-order chi connectivity index (χ0) is 34.2. The molecule has 0 saturated heterocycles. The number of nitrogens with zero attached hydrogens (tertiary/aromatic N) is 2. The zero-order valence-electron chi connectivity index (χ0n) is 25.8. The fourth-order valence-corrected chi connectivity index (χ4v) is 8.56.